The molecule has 2 aromatic carbocycles. The molecule has 29 heavy (non-hydrogen) atoms. The summed E-state index contributed by atoms with van der Waals surface area (Å²) in [6, 6.07) is 8.98. The Labute approximate surface area is 174 Å². The van der Waals surface area contributed by atoms with E-state index in [4.69, 9.17) is 11.6 Å². The van der Waals surface area contributed by atoms with E-state index in [0.29, 0.717) is 4.90 Å². The molecule has 2 atom stereocenters. The number of non-ortho nitro benzene ring substituents is 1. The third kappa shape index (κ3) is 5.75. The van der Waals surface area contributed by atoms with Crippen LogP contribution in [0.5, 0.6) is 0 Å². The summed E-state index contributed by atoms with van der Waals surface area (Å²) in [5, 5.41) is 16.6. The van der Waals surface area contributed by atoms with Gasteiger partial charge in [0.1, 0.15) is 0 Å². The fraction of sp³-hybridized carbons (Fsp3) is 0.300. The summed E-state index contributed by atoms with van der Waals surface area (Å²) < 4.78 is 0. The average molecular weight is 420 g/mol. The standard InChI is InChI=1S/C20H23ClN4O4/c1-12-6-5-7-13(2)19(12)23-18(26)11-24(4)14(3)20(27)22-17-10-15(25(28)29)8-9-16(17)21/h5-10,14H,11H2,1-4H3,(H,22,27)(H,23,26)/p+1/t14-/m0/s1. The molecule has 1 unspecified atom stereocenters. The number of carbonyl (C=O) groups excluding carboxylic acids is 2. The Morgan fingerprint density at radius 3 is 2.38 bits per heavy atom. The number of nitrogens with one attached hydrogen (secondary N) is 3. The molecule has 2 aromatic rings. The molecule has 0 saturated heterocycles. The van der Waals surface area contributed by atoms with E-state index in [2.05, 4.69) is 10.6 Å². The Balaban J connectivity index is 2.01. The predicted molar refractivity (Wildman–Crippen MR) is 112 cm³/mol. The van der Waals surface area contributed by atoms with Gasteiger partial charge in [-0.25, -0.2) is 0 Å². The van der Waals surface area contributed by atoms with Crippen molar-refractivity contribution in [3.63, 3.8) is 0 Å². The van der Waals surface area contributed by atoms with E-state index in [0.717, 1.165) is 16.8 Å². The molecule has 0 fully saturated rings. The number of likely N-dealkylation sites (N-methyl/N-ethyl adjacent to an activating group) is 1. The van der Waals surface area contributed by atoms with Gasteiger partial charge >= 0.3 is 0 Å². The van der Waals surface area contributed by atoms with Crippen molar-refractivity contribution >= 4 is 40.5 Å². The second kappa shape index (κ2) is 9.49. The van der Waals surface area contributed by atoms with E-state index in [-0.39, 0.29) is 28.8 Å². The van der Waals surface area contributed by atoms with Crippen LogP contribution < -0.4 is 15.5 Å². The molecule has 3 N–H and O–H groups in total. The van der Waals surface area contributed by atoms with Crippen LogP contribution in [0.4, 0.5) is 17.1 Å². The summed E-state index contributed by atoms with van der Waals surface area (Å²) in [6.07, 6.45) is 0. The van der Waals surface area contributed by atoms with Crippen molar-refractivity contribution < 1.29 is 19.4 Å². The topological polar surface area (TPSA) is 106 Å². The second-order valence-electron chi connectivity index (χ2n) is 6.97. The monoisotopic (exact) mass is 419 g/mol. The van der Waals surface area contributed by atoms with Crippen LogP contribution in [0.15, 0.2) is 36.4 Å². The molecule has 0 radical (unpaired) electrons. The van der Waals surface area contributed by atoms with Crippen molar-refractivity contribution in [3.8, 4) is 0 Å². The molecule has 0 aliphatic heterocycles. The van der Waals surface area contributed by atoms with E-state index in [9.17, 15) is 19.7 Å². The minimum atomic E-state index is -0.589. The highest BCUT2D eigenvalue weighted by atomic mass is 35.5. The Bertz CT molecular complexity index is 928. The van der Waals surface area contributed by atoms with E-state index in [1.807, 2.05) is 32.0 Å². The number of anilines is 2. The molecule has 0 aromatic heterocycles. The fourth-order valence-electron chi connectivity index (χ4n) is 2.79. The van der Waals surface area contributed by atoms with Gasteiger partial charge in [0, 0.05) is 17.8 Å². The number of amides is 2. The average Bonchev–Trinajstić information content (AvgIpc) is 2.65. The van der Waals surface area contributed by atoms with Gasteiger partial charge in [0.2, 0.25) is 0 Å². The zero-order chi connectivity index (χ0) is 21.7. The van der Waals surface area contributed by atoms with Crippen LogP contribution in [-0.4, -0.2) is 36.4 Å². The van der Waals surface area contributed by atoms with Gasteiger partial charge in [0.25, 0.3) is 17.5 Å². The van der Waals surface area contributed by atoms with E-state index < -0.39 is 16.9 Å². The predicted octanol–water partition coefficient (Wildman–Crippen LogP) is 2.35. The summed E-state index contributed by atoms with van der Waals surface area (Å²) in [4.78, 5) is 36.0. The molecule has 9 heteroatoms. The van der Waals surface area contributed by atoms with Gasteiger partial charge in [0.15, 0.2) is 12.6 Å². The third-order valence-electron chi connectivity index (χ3n) is 4.74. The molecule has 0 aliphatic carbocycles. The number of para-hydroxylation sites is 1. The number of nitro benzene ring substituents is 1. The van der Waals surface area contributed by atoms with Gasteiger partial charge in [-0.15, -0.1) is 0 Å². The zero-order valence-electron chi connectivity index (χ0n) is 16.7. The van der Waals surface area contributed by atoms with Crippen molar-refractivity contribution in [1.82, 2.24) is 0 Å². The summed E-state index contributed by atoms with van der Waals surface area (Å²) in [7, 11) is 1.73. The van der Waals surface area contributed by atoms with Gasteiger partial charge in [-0.3, -0.25) is 19.7 Å². The van der Waals surface area contributed by atoms with Crippen molar-refractivity contribution in [3.05, 3.63) is 62.7 Å². The molecular weight excluding hydrogens is 396 g/mol. The quantitative estimate of drug-likeness (QED) is 0.473. The molecule has 2 amide bonds. The molecular formula is C20H24ClN4O4+. The normalized spacial score (nSPS) is 12.7. The van der Waals surface area contributed by atoms with Crippen LogP contribution >= 0.6 is 11.6 Å². The lowest BCUT2D eigenvalue weighted by Crippen LogP contribution is -3.14. The Morgan fingerprint density at radius 1 is 1.17 bits per heavy atom. The van der Waals surface area contributed by atoms with E-state index >= 15 is 0 Å². The maximum Gasteiger partial charge on any atom is 0.282 e. The fourth-order valence-corrected chi connectivity index (χ4v) is 2.95. The Hall–Kier alpha value is -2.97. The molecule has 2 rings (SSSR count). The summed E-state index contributed by atoms with van der Waals surface area (Å²) in [5.74, 6) is -0.613. The largest absolute Gasteiger partial charge is 0.321 e. The molecule has 0 saturated carbocycles. The Morgan fingerprint density at radius 2 is 1.79 bits per heavy atom. The van der Waals surface area contributed by atoms with Crippen LogP contribution in [0.2, 0.25) is 5.02 Å². The number of aryl methyl sites for hydroxylation is 2. The molecule has 0 bridgehead atoms. The molecule has 0 heterocycles. The van der Waals surface area contributed by atoms with Gasteiger partial charge < -0.3 is 15.5 Å². The first-order valence-electron chi connectivity index (χ1n) is 9.03. The zero-order valence-corrected chi connectivity index (χ0v) is 17.5. The first-order valence-corrected chi connectivity index (χ1v) is 9.41. The Kier molecular flexibility index (Phi) is 7.30. The highest BCUT2D eigenvalue weighted by molar-refractivity contribution is 6.33. The van der Waals surface area contributed by atoms with Crippen LogP contribution in [0.1, 0.15) is 18.1 Å². The lowest BCUT2D eigenvalue weighted by molar-refractivity contribution is -0.885. The van der Waals surface area contributed by atoms with Crippen molar-refractivity contribution in [2.75, 3.05) is 24.2 Å². The number of quaternary nitrogens is 1. The summed E-state index contributed by atoms with van der Waals surface area (Å²) >= 11 is 6.03. The van der Waals surface area contributed by atoms with Gasteiger partial charge in [0.05, 0.1) is 22.7 Å². The molecule has 0 spiro atoms. The van der Waals surface area contributed by atoms with Crippen LogP contribution in [0.3, 0.4) is 0 Å². The number of nitro groups is 1. The maximum atomic E-state index is 12.5. The van der Waals surface area contributed by atoms with Crippen LogP contribution in [0, 0.1) is 24.0 Å². The molecule has 0 aliphatic rings. The van der Waals surface area contributed by atoms with Crippen LogP contribution in [-0.2, 0) is 9.59 Å². The first kappa shape index (κ1) is 22.3. The van der Waals surface area contributed by atoms with Gasteiger partial charge in [-0.1, -0.05) is 29.8 Å². The SMILES string of the molecule is Cc1cccc(C)c1NC(=O)C[NH+](C)[C@@H](C)C(=O)Nc1cc([N+](=O)[O-])ccc1Cl. The van der Waals surface area contributed by atoms with E-state index in [1.54, 1.807) is 14.0 Å². The number of hydrogen-bond acceptors (Lipinski definition) is 4. The van der Waals surface area contributed by atoms with E-state index in [1.165, 1.54) is 18.2 Å². The number of carbonyl (C=O) groups is 2. The minimum Gasteiger partial charge on any atom is -0.321 e. The number of benzene rings is 2. The third-order valence-corrected chi connectivity index (χ3v) is 5.07. The van der Waals surface area contributed by atoms with Crippen molar-refractivity contribution in [1.29, 1.82) is 0 Å². The highest BCUT2D eigenvalue weighted by Gasteiger charge is 2.25. The van der Waals surface area contributed by atoms with Crippen molar-refractivity contribution in [2.45, 2.75) is 26.8 Å². The van der Waals surface area contributed by atoms with Gasteiger partial charge in [-0.05, 0) is 38.0 Å². The summed E-state index contributed by atoms with van der Waals surface area (Å²) in [6.45, 7) is 5.57. The molecule has 8 nitrogen and oxygen atoms in total. The number of rotatable bonds is 7. The van der Waals surface area contributed by atoms with Gasteiger partial charge in [-0.2, -0.15) is 0 Å². The number of halogens is 1. The second-order valence-corrected chi connectivity index (χ2v) is 7.38. The lowest BCUT2D eigenvalue weighted by atomic mass is 10.1. The molecule has 154 valence electrons. The van der Waals surface area contributed by atoms with Crippen LogP contribution in [0.25, 0.3) is 0 Å². The van der Waals surface area contributed by atoms with Crippen molar-refractivity contribution in [2.24, 2.45) is 0 Å². The first-order chi connectivity index (χ1) is 13.6. The summed E-state index contributed by atoms with van der Waals surface area (Å²) in [5.41, 5.74) is 2.67. The number of hydrogen-bond donors (Lipinski definition) is 3. The minimum absolute atomic E-state index is 0.0744. The maximum absolute atomic E-state index is 12.5. The highest BCUT2D eigenvalue weighted by Crippen LogP contribution is 2.26. The lowest BCUT2D eigenvalue weighted by Gasteiger charge is -2.21. The number of nitrogens with zero attached hydrogens (tertiary/aromatic N) is 1. The smallest absolute Gasteiger partial charge is 0.282 e.